The molecule has 76 valence electrons. The highest BCUT2D eigenvalue weighted by Crippen LogP contribution is 2.11. The Morgan fingerprint density at radius 2 is 2.46 bits per heavy atom. The third-order valence-corrected chi connectivity index (χ3v) is 2.74. The van der Waals surface area contributed by atoms with Crippen molar-refractivity contribution in [2.75, 3.05) is 25.2 Å². The molecule has 0 bridgehead atoms. The van der Waals surface area contributed by atoms with Gasteiger partial charge in [-0.15, -0.1) is 11.8 Å². The number of nitrogens with zero attached hydrogens (tertiary/aromatic N) is 1. The third kappa shape index (κ3) is 3.11. The van der Waals surface area contributed by atoms with Crippen molar-refractivity contribution in [3.8, 4) is 0 Å². The Kier molecular flexibility index (Phi) is 3.92. The van der Waals surface area contributed by atoms with Crippen molar-refractivity contribution >= 4 is 17.7 Å². The van der Waals surface area contributed by atoms with E-state index in [4.69, 9.17) is 0 Å². The lowest BCUT2D eigenvalue weighted by Gasteiger charge is -2.19. The molecule has 0 aromatic rings. The predicted octanol–water partition coefficient (Wildman–Crippen LogP) is 0.372. The number of amides is 1. The summed E-state index contributed by atoms with van der Waals surface area (Å²) >= 11 is 1.60. The lowest BCUT2D eigenvalue weighted by molar-refractivity contribution is -0.133. The highest BCUT2D eigenvalue weighted by atomic mass is 32.2. The summed E-state index contributed by atoms with van der Waals surface area (Å²) in [5.41, 5.74) is 0. The first-order chi connectivity index (χ1) is 6.11. The zero-order chi connectivity index (χ0) is 9.84. The van der Waals surface area contributed by atoms with E-state index in [9.17, 15) is 13.6 Å². The van der Waals surface area contributed by atoms with Gasteiger partial charge in [-0.1, -0.05) is 0 Å². The fourth-order valence-corrected chi connectivity index (χ4v) is 2.05. The number of rotatable bonds is 3. The van der Waals surface area contributed by atoms with Gasteiger partial charge < -0.3 is 4.90 Å². The minimum Gasteiger partial charge on any atom is -0.339 e. The van der Waals surface area contributed by atoms with Gasteiger partial charge in [-0.3, -0.25) is 10.1 Å². The fourth-order valence-electron chi connectivity index (χ4n) is 1.12. The highest BCUT2D eigenvalue weighted by Gasteiger charge is 2.26. The summed E-state index contributed by atoms with van der Waals surface area (Å²) in [6, 6.07) is -0.284. The molecule has 1 N–H and O–H groups in total. The zero-order valence-corrected chi connectivity index (χ0v) is 8.11. The Morgan fingerprint density at radius 1 is 1.77 bits per heavy atom. The molecule has 1 fully saturated rings. The monoisotopic (exact) mass is 210 g/mol. The molecule has 13 heavy (non-hydrogen) atoms. The molecule has 0 spiro atoms. The Morgan fingerprint density at radius 3 is 2.92 bits per heavy atom. The van der Waals surface area contributed by atoms with Crippen molar-refractivity contribution in [1.82, 2.24) is 10.2 Å². The molecular formula is C7H12F2N2OS. The Bertz CT molecular complexity index is 185. The summed E-state index contributed by atoms with van der Waals surface area (Å²) in [4.78, 5) is 12.5. The number of hydrogen-bond acceptors (Lipinski definition) is 3. The first kappa shape index (κ1) is 10.7. The van der Waals surface area contributed by atoms with Crippen LogP contribution in [-0.4, -0.2) is 48.5 Å². The smallest absolute Gasteiger partial charge is 0.255 e. The second kappa shape index (κ2) is 4.76. The van der Waals surface area contributed by atoms with E-state index in [0.717, 1.165) is 10.8 Å². The molecule has 6 heteroatoms. The largest absolute Gasteiger partial charge is 0.339 e. The number of halogens is 2. The van der Waals surface area contributed by atoms with E-state index in [0.29, 0.717) is 5.75 Å². The molecule has 1 unspecified atom stereocenters. The van der Waals surface area contributed by atoms with E-state index in [1.165, 1.54) is 7.05 Å². The molecule has 3 nitrogen and oxygen atoms in total. The molecular weight excluding hydrogens is 198 g/mol. The van der Waals surface area contributed by atoms with Gasteiger partial charge in [0.2, 0.25) is 5.91 Å². The predicted molar refractivity (Wildman–Crippen MR) is 47.9 cm³/mol. The lowest BCUT2D eigenvalue weighted by atomic mass is 10.3. The summed E-state index contributed by atoms with van der Waals surface area (Å²) in [6.07, 6.45) is -2.46. The number of thioether (sulfide) groups is 1. The third-order valence-electron chi connectivity index (χ3n) is 1.80. The van der Waals surface area contributed by atoms with Gasteiger partial charge in [0.1, 0.15) is 0 Å². The van der Waals surface area contributed by atoms with Gasteiger partial charge in [-0.05, 0) is 0 Å². The molecule has 0 aromatic heterocycles. The summed E-state index contributed by atoms with van der Waals surface area (Å²) in [5.74, 6) is 1.15. The molecule has 1 aliphatic rings. The van der Waals surface area contributed by atoms with Crippen LogP contribution in [0, 0.1) is 0 Å². The van der Waals surface area contributed by atoms with Crippen LogP contribution < -0.4 is 5.32 Å². The summed E-state index contributed by atoms with van der Waals surface area (Å²) in [5, 5.41) is 2.94. The second-order valence-electron chi connectivity index (χ2n) is 2.88. The van der Waals surface area contributed by atoms with Crippen LogP contribution in [0.2, 0.25) is 0 Å². The normalized spacial score (nSPS) is 22.3. The number of carbonyl (C=O) groups is 1. The summed E-state index contributed by atoms with van der Waals surface area (Å²) < 4.78 is 23.8. The maximum absolute atomic E-state index is 11.9. The Balaban J connectivity index is 2.36. The number of carbonyl (C=O) groups excluding carboxylic acids is 1. The van der Waals surface area contributed by atoms with E-state index in [1.54, 1.807) is 11.8 Å². The standard InChI is InChI=1S/C7H12F2N2OS/c1-11(2-6(8)9)7(12)5-3-13-4-10-5/h5-6,10H,2-4H2,1H3. The van der Waals surface area contributed by atoms with Gasteiger partial charge >= 0.3 is 0 Å². The summed E-state index contributed by atoms with van der Waals surface area (Å²) in [6.45, 7) is -0.484. The van der Waals surface area contributed by atoms with Crippen molar-refractivity contribution in [3.63, 3.8) is 0 Å². The number of likely N-dealkylation sites (N-methyl/N-ethyl adjacent to an activating group) is 1. The van der Waals surface area contributed by atoms with Crippen molar-refractivity contribution in [2.24, 2.45) is 0 Å². The SMILES string of the molecule is CN(CC(F)F)C(=O)C1CSCN1. The molecule has 0 radical (unpaired) electrons. The molecule has 0 saturated carbocycles. The van der Waals surface area contributed by atoms with E-state index in [2.05, 4.69) is 5.32 Å². The zero-order valence-electron chi connectivity index (χ0n) is 7.30. The van der Waals surface area contributed by atoms with Crippen LogP contribution in [0.3, 0.4) is 0 Å². The molecule has 0 aliphatic carbocycles. The molecule has 1 saturated heterocycles. The Labute approximate surface area is 79.8 Å². The average Bonchev–Trinajstić information content (AvgIpc) is 2.53. The van der Waals surface area contributed by atoms with Crippen LogP contribution in [-0.2, 0) is 4.79 Å². The second-order valence-corrected chi connectivity index (χ2v) is 3.91. The molecule has 1 amide bonds. The quantitative estimate of drug-likeness (QED) is 0.730. The maximum atomic E-state index is 11.9. The van der Waals surface area contributed by atoms with Crippen LogP contribution >= 0.6 is 11.8 Å². The van der Waals surface area contributed by atoms with Crippen LogP contribution in [0.1, 0.15) is 0 Å². The molecule has 1 atom stereocenters. The number of hydrogen-bond donors (Lipinski definition) is 1. The number of alkyl halides is 2. The van der Waals surface area contributed by atoms with Gasteiger partial charge in [-0.2, -0.15) is 0 Å². The molecule has 1 rings (SSSR count). The van der Waals surface area contributed by atoms with Crippen molar-refractivity contribution in [1.29, 1.82) is 0 Å². The minimum absolute atomic E-state index is 0.245. The van der Waals surface area contributed by atoms with Crippen molar-refractivity contribution < 1.29 is 13.6 Å². The fraction of sp³-hybridized carbons (Fsp3) is 0.857. The minimum atomic E-state index is -2.46. The first-order valence-electron chi connectivity index (χ1n) is 3.95. The van der Waals surface area contributed by atoms with Gasteiger partial charge in [0.15, 0.2) is 0 Å². The van der Waals surface area contributed by atoms with E-state index in [1.807, 2.05) is 0 Å². The number of nitrogens with one attached hydrogen (secondary N) is 1. The van der Waals surface area contributed by atoms with Crippen LogP contribution in [0.4, 0.5) is 8.78 Å². The van der Waals surface area contributed by atoms with E-state index < -0.39 is 13.0 Å². The van der Waals surface area contributed by atoms with Gasteiger partial charge in [-0.25, -0.2) is 8.78 Å². The van der Waals surface area contributed by atoms with Gasteiger partial charge in [0.05, 0.1) is 12.6 Å². The average molecular weight is 210 g/mol. The molecule has 1 aliphatic heterocycles. The first-order valence-corrected chi connectivity index (χ1v) is 5.11. The van der Waals surface area contributed by atoms with Crippen molar-refractivity contribution in [2.45, 2.75) is 12.5 Å². The lowest BCUT2D eigenvalue weighted by Crippen LogP contribution is -2.44. The van der Waals surface area contributed by atoms with Crippen LogP contribution in [0.5, 0.6) is 0 Å². The maximum Gasteiger partial charge on any atom is 0.255 e. The Hall–Kier alpha value is -0.360. The van der Waals surface area contributed by atoms with Gasteiger partial charge in [0, 0.05) is 18.7 Å². The summed E-state index contributed by atoms with van der Waals surface area (Å²) in [7, 11) is 1.40. The highest BCUT2D eigenvalue weighted by molar-refractivity contribution is 7.99. The van der Waals surface area contributed by atoms with E-state index >= 15 is 0 Å². The van der Waals surface area contributed by atoms with Crippen LogP contribution in [0.15, 0.2) is 0 Å². The molecule has 1 heterocycles. The van der Waals surface area contributed by atoms with Gasteiger partial charge in [0.25, 0.3) is 6.43 Å². The van der Waals surface area contributed by atoms with Crippen LogP contribution in [0.25, 0.3) is 0 Å². The topological polar surface area (TPSA) is 32.3 Å². The molecule has 0 aromatic carbocycles. The van der Waals surface area contributed by atoms with Crippen molar-refractivity contribution in [3.05, 3.63) is 0 Å². The van der Waals surface area contributed by atoms with E-state index in [-0.39, 0.29) is 11.9 Å².